The number of nitrogens with one attached hydrogen (secondary N) is 1. The van der Waals surface area contributed by atoms with Crippen molar-refractivity contribution in [1.29, 1.82) is 0 Å². The number of pyridine rings is 1. The van der Waals surface area contributed by atoms with Gasteiger partial charge in [-0.15, -0.1) is 0 Å². The molecule has 0 saturated heterocycles. The summed E-state index contributed by atoms with van der Waals surface area (Å²) in [5, 5.41) is 6.39. The van der Waals surface area contributed by atoms with Crippen molar-refractivity contribution in [3.8, 4) is 11.4 Å². The van der Waals surface area contributed by atoms with Crippen LogP contribution in [0.25, 0.3) is 22.2 Å². The quantitative estimate of drug-likeness (QED) is 0.0785. The van der Waals surface area contributed by atoms with Gasteiger partial charge in [-0.1, -0.05) is 19.6 Å². The van der Waals surface area contributed by atoms with E-state index in [-0.39, 0.29) is 48.2 Å². The van der Waals surface area contributed by atoms with Gasteiger partial charge in [0.1, 0.15) is 24.4 Å². The van der Waals surface area contributed by atoms with Crippen molar-refractivity contribution < 1.29 is 40.3 Å². The van der Waals surface area contributed by atoms with Gasteiger partial charge in [-0.3, -0.25) is 9.59 Å². The Kier molecular flexibility index (Phi) is 10.9. The van der Waals surface area contributed by atoms with Crippen LogP contribution in [0.2, 0.25) is 25.7 Å². The zero-order valence-corrected chi connectivity index (χ0v) is 27.0. The Balaban J connectivity index is 1.46. The number of alkyl halides is 6. The van der Waals surface area contributed by atoms with Gasteiger partial charge in [-0.2, -0.15) is 31.4 Å². The summed E-state index contributed by atoms with van der Waals surface area (Å²) >= 11 is 0. The molecular formula is C30H31F7N6O4Si. The number of benzene rings is 1. The number of fused-ring (bicyclic) bond motifs is 1. The fourth-order valence-corrected chi connectivity index (χ4v) is 5.37. The van der Waals surface area contributed by atoms with Crippen LogP contribution in [0, 0.1) is 5.82 Å². The van der Waals surface area contributed by atoms with Crippen LogP contribution in [0.5, 0.6) is 0 Å². The number of halogens is 7. The first kappa shape index (κ1) is 36.4. The van der Waals surface area contributed by atoms with Gasteiger partial charge in [-0.25, -0.2) is 19.0 Å². The summed E-state index contributed by atoms with van der Waals surface area (Å²) in [4.78, 5) is 44.7. The number of aromatic nitrogens is 5. The summed E-state index contributed by atoms with van der Waals surface area (Å²) in [6.07, 6.45) is -6.10. The summed E-state index contributed by atoms with van der Waals surface area (Å²) in [5.74, 6) is -1.26. The third kappa shape index (κ3) is 8.91. The van der Waals surface area contributed by atoms with Crippen LogP contribution in [0.15, 0.2) is 52.6 Å². The molecule has 0 fully saturated rings. The minimum atomic E-state index is -5.07. The summed E-state index contributed by atoms with van der Waals surface area (Å²) in [7, 11) is -1.47. The molecule has 3 aromatic heterocycles. The van der Waals surface area contributed by atoms with E-state index in [1.165, 1.54) is 22.9 Å². The largest absolute Gasteiger partial charge is 0.423 e. The predicted octanol–water partition coefficient (Wildman–Crippen LogP) is 5.96. The minimum absolute atomic E-state index is 0.00703. The van der Waals surface area contributed by atoms with Crippen LogP contribution in [-0.4, -0.2) is 51.3 Å². The zero-order chi connectivity index (χ0) is 35.4. The molecule has 18 heteroatoms. The van der Waals surface area contributed by atoms with Gasteiger partial charge in [0, 0.05) is 39.8 Å². The van der Waals surface area contributed by atoms with Crippen LogP contribution < -0.4 is 16.4 Å². The molecule has 48 heavy (non-hydrogen) atoms. The normalized spacial score (nSPS) is 13.1. The number of hydrogen-bond acceptors (Lipinski definition) is 8. The molecule has 3 heterocycles. The summed E-state index contributed by atoms with van der Waals surface area (Å²) in [5.41, 5.74) is -5.61. The van der Waals surface area contributed by atoms with Gasteiger partial charge in [0.25, 0.3) is 11.1 Å². The Morgan fingerprint density at radius 2 is 1.69 bits per heavy atom. The molecule has 0 aliphatic rings. The molecule has 1 atom stereocenters. The molecule has 4 rings (SSSR count). The molecule has 0 saturated carbocycles. The minimum Gasteiger partial charge on any atom is -0.374 e. The van der Waals surface area contributed by atoms with Crippen LogP contribution >= 0.6 is 0 Å². The lowest BCUT2D eigenvalue weighted by molar-refractivity contribution is -0.139. The highest BCUT2D eigenvalue weighted by Gasteiger charge is 2.39. The highest BCUT2D eigenvalue weighted by Crippen LogP contribution is 2.32. The van der Waals surface area contributed by atoms with Crippen LogP contribution in [0.3, 0.4) is 0 Å². The van der Waals surface area contributed by atoms with Crippen molar-refractivity contribution in [2.45, 2.75) is 70.2 Å². The first-order valence-corrected chi connectivity index (χ1v) is 18.3. The van der Waals surface area contributed by atoms with E-state index in [0.717, 1.165) is 18.3 Å². The van der Waals surface area contributed by atoms with Crippen LogP contribution in [0.1, 0.15) is 24.0 Å². The molecule has 0 radical (unpaired) electrons. The Morgan fingerprint density at radius 1 is 1.00 bits per heavy atom. The molecule has 0 aliphatic carbocycles. The first-order valence-electron chi connectivity index (χ1n) is 14.6. The number of anilines is 1. The second kappa shape index (κ2) is 14.3. The molecule has 1 N–H and O–H groups in total. The van der Waals surface area contributed by atoms with Crippen molar-refractivity contribution in [1.82, 2.24) is 24.3 Å². The molecule has 1 aromatic carbocycles. The lowest BCUT2D eigenvalue weighted by Gasteiger charge is -2.19. The molecule has 1 unspecified atom stereocenters. The lowest BCUT2D eigenvalue weighted by Crippen LogP contribution is -2.34. The lowest BCUT2D eigenvalue weighted by atomic mass is 10.1. The standard InChI is InChI=1S/C30H31F7N6O4Si/c1-48(2,3)10-9-47-17-43-28(46)25(30(35,36)37)24(15-40-43)41-20(16-44)5-4-7-42-8-6-18-11-22(23(31)12-21(18)27(42)45)26-38-13-19(14-39-26)29(32,33)34/h6,8,11-16,20,41H,4-5,7,9-10,17H2,1-3H3. The second-order valence-electron chi connectivity index (χ2n) is 12.1. The smallest absolute Gasteiger partial charge is 0.374 e. The average Bonchev–Trinajstić information content (AvgIpc) is 2.99. The molecule has 258 valence electrons. The molecule has 0 bridgehead atoms. The molecular weight excluding hydrogens is 669 g/mol. The van der Waals surface area contributed by atoms with Gasteiger partial charge < -0.3 is 19.4 Å². The van der Waals surface area contributed by atoms with E-state index in [4.69, 9.17) is 4.74 Å². The van der Waals surface area contributed by atoms with E-state index in [1.54, 1.807) is 0 Å². The number of aryl methyl sites for hydroxylation is 1. The SMILES string of the molecule is C[Si](C)(C)CCOCn1ncc(NC(C=O)CCCn2ccc3cc(-c4ncc(C(F)(F)F)cn4)c(F)cc3c2=O)c(C(F)(F)F)c1=O. The number of rotatable bonds is 13. The van der Waals surface area contributed by atoms with E-state index >= 15 is 0 Å². The highest BCUT2D eigenvalue weighted by molar-refractivity contribution is 6.76. The van der Waals surface area contributed by atoms with Crippen molar-refractivity contribution in [2.75, 3.05) is 11.9 Å². The third-order valence-electron chi connectivity index (χ3n) is 7.24. The van der Waals surface area contributed by atoms with E-state index in [1.807, 2.05) is 0 Å². The number of carbonyl (C=O) groups excluding carboxylic acids is 1. The van der Waals surface area contributed by atoms with Crippen LogP contribution in [-0.2, 0) is 35.2 Å². The van der Waals surface area contributed by atoms with Crippen molar-refractivity contribution in [2.24, 2.45) is 0 Å². The second-order valence-corrected chi connectivity index (χ2v) is 17.8. The monoisotopic (exact) mass is 700 g/mol. The number of carbonyl (C=O) groups is 1. The Bertz CT molecular complexity index is 1890. The Hall–Kier alpha value is -4.45. The number of hydrogen-bond donors (Lipinski definition) is 1. The van der Waals surface area contributed by atoms with Crippen molar-refractivity contribution >= 4 is 30.8 Å². The number of ether oxygens (including phenoxy) is 1. The fraction of sp³-hybridized carbons (Fsp3) is 0.400. The summed E-state index contributed by atoms with van der Waals surface area (Å²) in [6, 6.07) is 3.15. The van der Waals surface area contributed by atoms with E-state index in [9.17, 15) is 45.1 Å². The first-order chi connectivity index (χ1) is 22.4. The van der Waals surface area contributed by atoms with E-state index in [2.05, 4.69) is 40.0 Å². The maximum absolute atomic E-state index is 14.9. The summed E-state index contributed by atoms with van der Waals surface area (Å²) in [6.45, 7) is 6.06. The summed E-state index contributed by atoms with van der Waals surface area (Å²) < 4.78 is 102. The topological polar surface area (TPSA) is 121 Å². The fourth-order valence-electron chi connectivity index (χ4n) is 4.62. The molecule has 0 aliphatic heterocycles. The molecule has 0 spiro atoms. The Morgan fingerprint density at radius 3 is 2.29 bits per heavy atom. The molecule has 10 nitrogen and oxygen atoms in total. The van der Waals surface area contributed by atoms with Gasteiger partial charge in [0.05, 0.1) is 34.4 Å². The maximum Gasteiger partial charge on any atom is 0.423 e. The van der Waals surface area contributed by atoms with Gasteiger partial charge in [-0.05, 0) is 42.5 Å². The predicted molar refractivity (Wildman–Crippen MR) is 165 cm³/mol. The zero-order valence-electron chi connectivity index (χ0n) is 26.0. The Labute approximate surface area is 269 Å². The maximum atomic E-state index is 14.9. The average molecular weight is 701 g/mol. The molecule has 4 aromatic rings. The van der Waals surface area contributed by atoms with Gasteiger partial charge in [0.15, 0.2) is 5.82 Å². The van der Waals surface area contributed by atoms with Gasteiger partial charge in [0.2, 0.25) is 0 Å². The van der Waals surface area contributed by atoms with Gasteiger partial charge >= 0.3 is 12.4 Å². The highest BCUT2D eigenvalue weighted by atomic mass is 28.3. The van der Waals surface area contributed by atoms with Crippen LogP contribution in [0.4, 0.5) is 36.4 Å². The van der Waals surface area contributed by atoms with E-state index < -0.39 is 66.9 Å². The van der Waals surface area contributed by atoms with E-state index in [0.29, 0.717) is 23.4 Å². The molecule has 0 amide bonds. The third-order valence-corrected chi connectivity index (χ3v) is 8.95. The van der Waals surface area contributed by atoms with Crippen molar-refractivity contribution in [3.63, 3.8) is 0 Å². The number of nitrogens with zero attached hydrogens (tertiary/aromatic N) is 5. The van der Waals surface area contributed by atoms with Crippen molar-refractivity contribution in [3.05, 3.63) is 80.6 Å². The number of aldehydes is 1.